The average molecular weight is 360 g/mol. The van der Waals surface area contributed by atoms with E-state index >= 15 is 0 Å². The van der Waals surface area contributed by atoms with Crippen molar-refractivity contribution in [2.75, 3.05) is 6.61 Å². The van der Waals surface area contributed by atoms with Gasteiger partial charge in [-0.25, -0.2) is 0 Å². The Hall–Kier alpha value is -1.38. The van der Waals surface area contributed by atoms with E-state index in [1.807, 2.05) is 0 Å². The number of rotatable bonds is 8. The zero-order chi connectivity index (χ0) is 19.4. The highest BCUT2D eigenvalue weighted by atomic mass is 16.6. The smallest absolute Gasteiger partial charge is 0.137 e. The van der Waals surface area contributed by atoms with Gasteiger partial charge in [0.25, 0.3) is 0 Å². The van der Waals surface area contributed by atoms with Gasteiger partial charge in [-0.15, -0.1) is 0 Å². The Morgan fingerprint density at radius 2 is 2.23 bits per heavy atom. The first-order chi connectivity index (χ1) is 12.2. The molecule has 0 N–H and O–H groups in total. The Morgan fingerprint density at radius 1 is 1.50 bits per heavy atom. The third-order valence-electron chi connectivity index (χ3n) is 6.32. The number of allylic oxidation sites excluding steroid dienone is 2. The van der Waals surface area contributed by atoms with E-state index in [-0.39, 0.29) is 16.7 Å². The SMILES string of the molecule is C=CCON=C(CCC[C@@H](C)C1=CC[C@H]2C(=O)CCC[C@]12C)C(C)(C)C. The molecule has 2 rings (SSSR count). The van der Waals surface area contributed by atoms with Crippen molar-refractivity contribution in [1.82, 2.24) is 0 Å². The number of oxime groups is 1. The maximum Gasteiger partial charge on any atom is 0.137 e. The predicted molar refractivity (Wildman–Crippen MR) is 109 cm³/mol. The van der Waals surface area contributed by atoms with Gasteiger partial charge in [0.1, 0.15) is 12.4 Å². The number of Topliss-reactive ketones (excluding diaryl/α,β-unsaturated/α-hetero) is 1. The fraction of sp³-hybridized carbons (Fsp3) is 0.739. The van der Waals surface area contributed by atoms with Crippen LogP contribution in [0.25, 0.3) is 0 Å². The summed E-state index contributed by atoms with van der Waals surface area (Å²) in [5.41, 5.74) is 2.78. The minimum absolute atomic E-state index is 0.0178. The molecule has 0 aromatic heterocycles. The van der Waals surface area contributed by atoms with Crippen molar-refractivity contribution in [3.8, 4) is 0 Å². The number of ketones is 1. The molecule has 0 aromatic carbocycles. The molecule has 2 aliphatic carbocycles. The molecule has 0 amide bonds. The molecule has 1 saturated carbocycles. The van der Waals surface area contributed by atoms with Crippen LogP contribution in [0.15, 0.2) is 29.5 Å². The lowest BCUT2D eigenvalue weighted by Crippen LogP contribution is -2.36. The Balaban J connectivity index is 1.93. The van der Waals surface area contributed by atoms with E-state index in [0.717, 1.165) is 44.2 Å². The maximum atomic E-state index is 12.3. The van der Waals surface area contributed by atoms with Crippen LogP contribution in [-0.2, 0) is 9.63 Å². The summed E-state index contributed by atoms with van der Waals surface area (Å²) in [6, 6.07) is 0. The molecule has 3 atom stereocenters. The van der Waals surface area contributed by atoms with Gasteiger partial charge >= 0.3 is 0 Å². The molecule has 0 aliphatic heterocycles. The van der Waals surface area contributed by atoms with Crippen molar-refractivity contribution in [2.45, 2.75) is 79.6 Å². The highest BCUT2D eigenvalue weighted by Gasteiger charge is 2.47. The summed E-state index contributed by atoms with van der Waals surface area (Å²) in [5, 5.41) is 4.35. The second-order valence-corrected chi connectivity index (χ2v) is 9.35. The largest absolute Gasteiger partial charge is 0.392 e. The lowest BCUT2D eigenvalue weighted by molar-refractivity contribution is -0.128. The number of nitrogens with zero attached hydrogens (tertiary/aromatic N) is 1. The molecular weight excluding hydrogens is 322 g/mol. The molecule has 0 saturated heterocycles. The molecule has 26 heavy (non-hydrogen) atoms. The molecule has 146 valence electrons. The summed E-state index contributed by atoms with van der Waals surface area (Å²) in [6.07, 6.45) is 11.3. The first-order valence-electron chi connectivity index (χ1n) is 10.2. The van der Waals surface area contributed by atoms with Crippen LogP contribution >= 0.6 is 0 Å². The van der Waals surface area contributed by atoms with Crippen LogP contribution in [0.3, 0.4) is 0 Å². The van der Waals surface area contributed by atoms with E-state index in [1.54, 1.807) is 6.08 Å². The third kappa shape index (κ3) is 4.66. The van der Waals surface area contributed by atoms with E-state index in [4.69, 9.17) is 4.84 Å². The van der Waals surface area contributed by atoms with Crippen LogP contribution in [0.5, 0.6) is 0 Å². The minimum Gasteiger partial charge on any atom is -0.392 e. The molecule has 0 heterocycles. The summed E-state index contributed by atoms with van der Waals surface area (Å²) in [4.78, 5) is 17.7. The molecule has 0 bridgehead atoms. The molecule has 0 aromatic rings. The highest BCUT2D eigenvalue weighted by molar-refractivity contribution is 5.88. The van der Waals surface area contributed by atoms with Crippen molar-refractivity contribution >= 4 is 11.5 Å². The van der Waals surface area contributed by atoms with Gasteiger partial charge in [0.15, 0.2) is 0 Å². The highest BCUT2D eigenvalue weighted by Crippen LogP contribution is 2.53. The molecule has 0 spiro atoms. The van der Waals surface area contributed by atoms with Crippen molar-refractivity contribution in [3.05, 3.63) is 24.3 Å². The van der Waals surface area contributed by atoms with Gasteiger partial charge in [0.2, 0.25) is 0 Å². The van der Waals surface area contributed by atoms with Gasteiger partial charge in [-0.3, -0.25) is 4.79 Å². The monoisotopic (exact) mass is 359 g/mol. The number of fused-ring (bicyclic) bond motifs is 1. The van der Waals surface area contributed by atoms with E-state index in [2.05, 4.69) is 52.4 Å². The summed E-state index contributed by atoms with van der Waals surface area (Å²) in [6.45, 7) is 15.3. The van der Waals surface area contributed by atoms with Crippen molar-refractivity contribution < 1.29 is 9.63 Å². The lowest BCUT2D eigenvalue weighted by atomic mass is 9.63. The van der Waals surface area contributed by atoms with Gasteiger partial charge < -0.3 is 4.84 Å². The van der Waals surface area contributed by atoms with Crippen molar-refractivity contribution in [3.63, 3.8) is 0 Å². The fourth-order valence-electron chi connectivity index (χ4n) is 4.77. The third-order valence-corrected chi connectivity index (χ3v) is 6.32. The lowest BCUT2D eigenvalue weighted by Gasteiger charge is -2.40. The normalized spacial score (nSPS) is 27.7. The van der Waals surface area contributed by atoms with E-state index in [1.165, 1.54) is 12.0 Å². The number of hydrogen-bond acceptors (Lipinski definition) is 3. The van der Waals surface area contributed by atoms with Crippen molar-refractivity contribution in [2.24, 2.45) is 27.8 Å². The van der Waals surface area contributed by atoms with Gasteiger partial charge in [0.05, 0.1) is 5.71 Å². The van der Waals surface area contributed by atoms with Crippen LogP contribution in [0, 0.1) is 22.7 Å². The van der Waals surface area contributed by atoms with Gasteiger partial charge in [-0.05, 0) is 49.9 Å². The standard InChI is InChI=1S/C23H37NO2/c1-7-16-26-24-21(22(3,4)5)12-8-10-17(2)18-13-14-19-20(25)11-9-15-23(18,19)6/h7,13,17,19H,1,8-12,14-16H2,2-6H3/t17-,19+,23-/m1/s1. The Bertz CT molecular complexity index is 582. The summed E-state index contributed by atoms with van der Waals surface area (Å²) < 4.78 is 0. The van der Waals surface area contributed by atoms with E-state index < -0.39 is 0 Å². The molecular formula is C23H37NO2. The van der Waals surface area contributed by atoms with Crippen LogP contribution in [0.2, 0.25) is 0 Å². The zero-order valence-corrected chi connectivity index (χ0v) is 17.4. The second kappa shape index (κ2) is 8.54. The molecule has 3 heteroatoms. The van der Waals surface area contributed by atoms with Crippen LogP contribution < -0.4 is 0 Å². The quantitative estimate of drug-likeness (QED) is 0.227. The average Bonchev–Trinajstić information content (AvgIpc) is 2.91. The number of hydrogen-bond donors (Lipinski definition) is 0. The van der Waals surface area contributed by atoms with Gasteiger partial charge in [-0.1, -0.05) is 64.1 Å². The minimum atomic E-state index is 0.0178. The summed E-state index contributed by atoms with van der Waals surface area (Å²) in [7, 11) is 0. The topological polar surface area (TPSA) is 38.7 Å². The Labute approximate surface area is 160 Å². The molecule has 3 nitrogen and oxygen atoms in total. The van der Waals surface area contributed by atoms with E-state index in [9.17, 15) is 4.79 Å². The molecule has 2 aliphatic rings. The van der Waals surface area contributed by atoms with Crippen LogP contribution in [0.1, 0.15) is 79.6 Å². The molecule has 1 fully saturated rings. The van der Waals surface area contributed by atoms with Gasteiger partial charge in [-0.2, -0.15) is 0 Å². The molecule has 0 unspecified atom stereocenters. The summed E-state index contributed by atoms with van der Waals surface area (Å²) in [5.74, 6) is 1.26. The van der Waals surface area contributed by atoms with Gasteiger partial charge in [0, 0.05) is 17.8 Å². The fourth-order valence-corrected chi connectivity index (χ4v) is 4.77. The number of carbonyl (C=O) groups excluding carboxylic acids is 1. The van der Waals surface area contributed by atoms with Crippen molar-refractivity contribution in [1.29, 1.82) is 0 Å². The Morgan fingerprint density at radius 3 is 2.88 bits per heavy atom. The molecule has 0 radical (unpaired) electrons. The first-order valence-corrected chi connectivity index (χ1v) is 10.2. The summed E-state index contributed by atoms with van der Waals surface area (Å²) >= 11 is 0. The van der Waals surface area contributed by atoms with E-state index in [0.29, 0.717) is 18.3 Å². The van der Waals surface area contributed by atoms with Crippen LogP contribution in [-0.4, -0.2) is 18.1 Å². The zero-order valence-electron chi connectivity index (χ0n) is 17.4. The number of carbonyl (C=O) groups is 1. The second-order valence-electron chi connectivity index (χ2n) is 9.35. The van der Waals surface area contributed by atoms with Crippen LogP contribution in [0.4, 0.5) is 0 Å². The maximum absolute atomic E-state index is 12.3. The Kier molecular flexibility index (Phi) is 6.87. The predicted octanol–water partition coefficient (Wildman–Crippen LogP) is 6.10. The first kappa shape index (κ1) is 20.9.